The number of epoxide rings is 1. The Bertz CT molecular complexity index is 748. The lowest BCUT2D eigenvalue weighted by atomic mass is 9.91. The van der Waals surface area contributed by atoms with Crippen molar-refractivity contribution in [3.8, 4) is 0 Å². The minimum atomic E-state index is -1.57. The van der Waals surface area contributed by atoms with E-state index in [4.69, 9.17) is 4.74 Å². The van der Waals surface area contributed by atoms with Crippen molar-refractivity contribution in [1.29, 1.82) is 0 Å². The average Bonchev–Trinajstić information content (AvgIpc) is 3.36. The van der Waals surface area contributed by atoms with Crippen LogP contribution in [0.5, 0.6) is 0 Å². The Balaban J connectivity index is 1.87. The van der Waals surface area contributed by atoms with Crippen molar-refractivity contribution in [2.75, 3.05) is 0 Å². The van der Waals surface area contributed by atoms with Crippen molar-refractivity contribution in [1.82, 2.24) is 5.32 Å². The van der Waals surface area contributed by atoms with Gasteiger partial charge in [0.25, 0.3) is 5.91 Å². The van der Waals surface area contributed by atoms with Crippen LogP contribution in [-0.4, -0.2) is 34.2 Å². The zero-order valence-corrected chi connectivity index (χ0v) is 18.4. The Hall–Kier alpha value is -1.98. The molecule has 2 rings (SSSR count). The smallest absolute Gasteiger partial charge is 0.265 e. The summed E-state index contributed by atoms with van der Waals surface area (Å²) in [6.45, 7) is 12.4. The number of amides is 1. The van der Waals surface area contributed by atoms with Gasteiger partial charge in [0.2, 0.25) is 5.60 Å². The first-order valence-electron chi connectivity index (χ1n) is 10.5. The number of rotatable bonds is 10. The second kappa shape index (κ2) is 9.23. The summed E-state index contributed by atoms with van der Waals surface area (Å²) in [5, 5.41) is 13.0. The van der Waals surface area contributed by atoms with Crippen molar-refractivity contribution >= 4 is 11.7 Å². The minimum Gasteiger partial charge on any atom is -0.368 e. The van der Waals surface area contributed by atoms with Gasteiger partial charge >= 0.3 is 0 Å². The summed E-state index contributed by atoms with van der Waals surface area (Å²) in [6, 6.07) is 0. The van der Waals surface area contributed by atoms with Crippen LogP contribution in [0.2, 0.25) is 0 Å². The molecule has 29 heavy (non-hydrogen) atoms. The number of morpholine rings is 1. The Morgan fingerprint density at radius 2 is 1.79 bits per heavy atom. The number of ketones is 1. The maximum absolute atomic E-state index is 12.5. The summed E-state index contributed by atoms with van der Waals surface area (Å²) in [4.78, 5) is 24.7. The van der Waals surface area contributed by atoms with Gasteiger partial charge < -0.3 is 15.2 Å². The topological polar surface area (TPSA) is 78.9 Å². The highest BCUT2D eigenvalue weighted by molar-refractivity contribution is 6.19. The molecular formula is C24H35NO4. The quantitative estimate of drug-likeness (QED) is 0.252. The normalized spacial score (nSPS) is 31.7. The third kappa shape index (κ3) is 4.96. The monoisotopic (exact) mass is 401 g/mol. The highest BCUT2D eigenvalue weighted by Crippen LogP contribution is 2.51. The first kappa shape index (κ1) is 23.3. The molecule has 160 valence electrons. The molecule has 0 radical (unpaired) electrons. The van der Waals surface area contributed by atoms with Crippen LogP contribution in [0.4, 0.5) is 0 Å². The molecule has 0 unspecified atom stereocenters. The molecule has 0 saturated carbocycles. The van der Waals surface area contributed by atoms with Crippen LogP contribution in [-0.2, 0) is 14.3 Å². The molecule has 2 aliphatic heterocycles. The van der Waals surface area contributed by atoms with E-state index in [-0.39, 0.29) is 5.92 Å². The number of carbonyl (C=O) groups excluding carboxylic acids is 2. The zero-order chi connectivity index (χ0) is 21.8. The lowest BCUT2D eigenvalue weighted by molar-refractivity contribution is -0.139. The molecule has 0 aromatic rings. The maximum atomic E-state index is 12.5. The van der Waals surface area contributed by atoms with E-state index in [1.165, 1.54) is 24.5 Å². The molecule has 1 amide bonds. The number of hydrogen-bond donors (Lipinski definition) is 2. The van der Waals surface area contributed by atoms with Gasteiger partial charge in [-0.1, -0.05) is 83.1 Å². The van der Waals surface area contributed by atoms with Gasteiger partial charge in [0.1, 0.15) is 0 Å². The van der Waals surface area contributed by atoms with E-state index in [1.807, 2.05) is 18.2 Å². The standard InChI is InChI=1S/C24H35NO4/c1-7-17(4)14-19(6)15-18(5)12-10-8-9-11-13-20(26)23-21(29-23)24(28,16(2)3)25-22(23)27/h8-13,15-17,19,21,28H,7,14H2,1-6H3,(H,25,27)/b9-8+,12-10+,13-11+,18-15+/t17-,19-,21-,23+,24-/m1/s1. The number of carbonyl (C=O) groups is 2. The number of nitrogens with one attached hydrogen (secondary N) is 1. The van der Waals surface area contributed by atoms with Crippen LogP contribution in [0.25, 0.3) is 0 Å². The van der Waals surface area contributed by atoms with E-state index in [9.17, 15) is 14.7 Å². The Morgan fingerprint density at radius 1 is 1.17 bits per heavy atom. The van der Waals surface area contributed by atoms with E-state index in [0.29, 0.717) is 5.92 Å². The molecule has 5 nitrogen and oxygen atoms in total. The van der Waals surface area contributed by atoms with E-state index in [0.717, 1.165) is 5.92 Å². The summed E-state index contributed by atoms with van der Waals surface area (Å²) in [5.74, 6) is 0.00829. The van der Waals surface area contributed by atoms with E-state index < -0.39 is 29.1 Å². The van der Waals surface area contributed by atoms with Gasteiger partial charge in [0.05, 0.1) is 0 Å². The maximum Gasteiger partial charge on any atom is 0.265 e. The molecule has 0 aromatic carbocycles. The largest absolute Gasteiger partial charge is 0.368 e. The summed E-state index contributed by atoms with van der Waals surface area (Å²) < 4.78 is 5.37. The molecule has 0 aromatic heterocycles. The van der Waals surface area contributed by atoms with Crippen molar-refractivity contribution in [3.63, 3.8) is 0 Å². The van der Waals surface area contributed by atoms with Gasteiger partial charge in [0.15, 0.2) is 17.6 Å². The summed E-state index contributed by atoms with van der Waals surface area (Å²) in [5.41, 5.74) is -1.85. The fourth-order valence-corrected chi connectivity index (χ4v) is 3.79. The zero-order valence-electron chi connectivity index (χ0n) is 18.4. The second-order valence-corrected chi connectivity index (χ2v) is 8.77. The Morgan fingerprint density at radius 3 is 2.31 bits per heavy atom. The SMILES string of the molecule is CC[C@@H](C)C[C@@H](C)/C=C(C)/C=C/C=C/C=C/C(=O)[C@]12O[C@H]1[C@](O)(C(C)C)NC2=O. The number of ether oxygens (including phenoxy) is 1. The molecule has 5 atom stereocenters. The predicted molar refractivity (Wildman–Crippen MR) is 115 cm³/mol. The molecule has 5 heteroatoms. The van der Waals surface area contributed by atoms with Gasteiger partial charge in [-0.3, -0.25) is 9.59 Å². The molecule has 2 heterocycles. The molecule has 2 fully saturated rings. The summed E-state index contributed by atoms with van der Waals surface area (Å²) >= 11 is 0. The van der Waals surface area contributed by atoms with E-state index in [1.54, 1.807) is 26.0 Å². The van der Waals surface area contributed by atoms with Crippen molar-refractivity contribution < 1.29 is 19.4 Å². The van der Waals surface area contributed by atoms with Gasteiger partial charge in [-0.2, -0.15) is 0 Å². The number of fused-ring (bicyclic) bond motifs is 1. The van der Waals surface area contributed by atoms with Crippen LogP contribution in [0.3, 0.4) is 0 Å². The third-order valence-electron chi connectivity index (χ3n) is 5.87. The molecule has 2 saturated heterocycles. The molecule has 0 spiro atoms. The van der Waals surface area contributed by atoms with Crippen LogP contribution in [0.15, 0.2) is 48.1 Å². The van der Waals surface area contributed by atoms with Gasteiger partial charge in [0, 0.05) is 5.92 Å². The lowest BCUT2D eigenvalue weighted by Gasteiger charge is -2.27. The number of hydrogen-bond acceptors (Lipinski definition) is 4. The molecule has 0 bridgehead atoms. The predicted octanol–water partition coefficient (Wildman–Crippen LogP) is 3.85. The number of aliphatic hydroxyl groups is 1. The van der Waals surface area contributed by atoms with Crippen LogP contribution in [0.1, 0.15) is 54.4 Å². The van der Waals surface area contributed by atoms with Gasteiger partial charge in [-0.15, -0.1) is 0 Å². The highest BCUT2D eigenvalue weighted by atomic mass is 16.6. The fraction of sp³-hybridized carbons (Fsp3) is 0.583. The van der Waals surface area contributed by atoms with E-state index in [2.05, 4.69) is 39.1 Å². The highest BCUT2D eigenvalue weighted by Gasteiger charge is 2.80. The van der Waals surface area contributed by atoms with Crippen molar-refractivity contribution in [3.05, 3.63) is 48.1 Å². The Labute approximate surface area is 174 Å². The first-order valence-corrected chi connectivity index (χ1v) is 10.5. The summed E-state index contributed by atoms with van der Waals surface area (Å²) in [7, 11) is 0. The second-order valence-electron chi connectivity index (χ2n) is 8.77. The number of allylic oxidation sites excluding steroid dienone is 7. The van der Waals surface area contributed by atoms with Gasteiger partial charge in [-0.25, -0.2) is 0 Å². The van der Waals surface area contributed by atoms with Crippen LogP contribution in [0, 0.1) is 17.8 Å². The van der Waals surface area contributed by atoms with Gasteiger partial charge in [-0.05, 0) is 31.3 Å². The molecular weight excluding hydrogens is 366 g/mol. The Kier molecular flexibility index (Phi) is 7.41. The van der Waals surface area contributed by atoms with Crippen LogP contribution >= 0.6 is 0 Å². The van der Waals surface area contributed by atoms with Crippen LogP contribution < -0.4 is 5.32 Å². The molecule has 2 aliphatic rings. The average molecular weight is 402 g/mol. The third-order valence-corrected chi connectivity index (χ3v) is 5.87. The summed E-state index contributed by atoms with van der Waals surface area (Å²) in [6.07, 6.45) is 14.3. The van der Waals surface area contributed by atoms with Crippen molar-refractivity contribution in [2.45, 2.75) is 71.8 Å². The first-order chi connectivity index (χ1) is 13.6. The van der Waals surface area contributed by atoms with E-state index >= 15 is 0 Å². The molecule has 2 N–H and O–H groups in total. The molecule has 0 aliphatic carbocycles. The van der Waals surface area contributed by atoms with Crippen molar-refractivity contribution in [2.24, 2.45) is 17.8 Å². The minimum absolute atomic E-state index is 0.258. The fourth-order valence-electron chi connectivity index (χ4n) is 3.79. The lowest BCUT2D eigenvalue weighted by Crippen LogP contribution is -2.52.